The smallest absolute Gasteiger partial charge is 0.317 e. The molecule has 0 spiro atoms. The maximum absolute atomic E-state index is 6.92. The van der Waals surface area contributed by atoms with E-state index < -0.39 is 50.9 Å². The summed E-state index contributed by atoms with van der Waals surface area (Å²) in [5.74, 6) is 0. The highest BCUT2D eigenvalue weighted by Gasteiger charge is 2.50. The summed E-state index contributed by atoms with van der Waals surface area (Å²) in [6.07, 6.45) is 0. The maximum atomic E-state index is 6.92. The SMILES string of the molecule is CC[Si](C)(O[Si](C)(C)C)O[Si](C)(CC)O[Si](C)(CC)O[Si](C)(CC)O[Si](C)(C)C. The molecule has 0 rings (SSSR count). The van der Waals surface area contributed by atoms with Gasteiger partial charge in [0.1, 0.15) is 0 Å². The summed E-state index contributed by atoms with van der Waals surface area (Å²) in [5, 5.41) is 0. The molecule has 0 saturated heterocycles. The molecule has 0 fully saturated rings. The molecule has 0 aliphatic rings. The van der Waals surface area contributed by atoms with Crippen molar-refractivity contribution in [2.45, 2.75) is 117 Å². The summed E-state index contributed by atoms with van der Waals surface area (Å²) in [4.78, 5) is 0. The third kappa shape index (κ3) is 11.5. The third-order valence-electron chi connectivity index (χ3n) is 4.91. The molecule has 11 heteroatoms. The standard InChI is InChI=1S/C18H50O5Si6/c1-15-26(11,19-24(5,6)7)21-28(13,17-3)23-29(14,18-4)22-27(12,16-2)20-25(8,9)10/h15-18H2,1-14H3. The van der Waals surface area contributed by atoms with Gasteiger partial charge < -0.3 is 20.6 Å². The van der Waals surface area contributed by atoms with E-state index in [4.69, 9.17) is 20.6 Å². The molecule has 0 saturated carbocycles. The quantitative estimate of drug-likeness (QED) is 0.231. The fourth-order valence-corrected chi connectivity index (χ4v) is 31.4. The van der Waals surface area contributed by atoms with Gasteiger partial charge in [0.25, 0.3) is 0 Å². The maximum Gasteiger partial charge on any atom is 0.317 e. The summed E-state index contributed by atoms with van der Waals surface area (Å²) in [5.41, 5.74) is 0. The number of rotatable bonds is 14. The third-order valence-corrected chi connectivity index (χ3v) is 28.8. The fourth-order valence-electron chi connectivity index (χ4n) is 3.33. The lowest BCUT2D eigenvalue weighted by molar-refractivity contribution is 0.269. The van der Waals surface area contributed by atoms with Gasteiger partial charge in [0.05, 0.1) is 0 Å². The highest BCUT2D eigenvalue weighted by molar-refractivity contribution is 6.92. The Balaban J connectivity index is 5.66. The van der Waals surface area contributed by atoms with Crippen LogP contribution in [0.15, 0.2) is 0 Å². The van der Waals surface area contributed by atoms with E-state index in [-0.39, 0.29) is 0 Å². The largest absolute Gasteiger partial charge is 0.437 e. The van der Waals surface area contributed by atoms with Crippen molar-refractivity contribution in [3.63, 3.8) is 0 Å². The summed E-state index contributed by atoms with van der Waals surface area (Å²) in [7, 11) is -12.8. The van der Waals surface area contributed by atoms with Gasteiger partial charge in [-0.1, -0.05) is 27.7 Å². The molecule has 0 aliphatic heterocycles. The molecule has 0 aromatic heterocycles. The zero-order valence-corrected chi connectivity index (χ0v) is 27.9. The van der Waals surface area contributed by atoms with Crippen LogP contribution >= 0.6 is 0 Å². The molecule has 29 heavy (non-hydrogen) atoms. The minimum Gasteiger partial charge on any atom is -0.437 e. The zero-order chi connectivity index (χ0) is 23.4. The van der Waals surface area contributed by atoms with Gasteiger partial charge in [0.2, 0.25) is 0 Å². The summed E-state index contributed by atoms with van der Waals surface area (Å²) >= 11 is 0. The molecule has 0 N–H and O–H groups in total. The zero-order valence-electron chi connectivity index (χ0n) is 21.9. The first-order valence-corrected chi connectivity index (χ1v) is 28.2. The minimum atomic E-state index is -2.43. The lowest BCUT2D eigenvalue weighted by Crippen LogP contribution is -2.62. The molecule has 0 amide bonds. The van der Waals surface area contributed by atoms with Gasteiger partial charge in [-0.3, -0.25) is 0 Å². The first kappa shape index (κ1) is 30.1. The average Bonchev–Trinajstić information content (AvgIpc) is 2.50. The molecule has 0 aromatic carbocycles. The van der Waals surface area contributed by atoms with Crippen LogP contribution in [0.2, 0.25) is 89.6 Å². The van der Waals surface area contributed by atoms with E-state index >= 15 is 0 Å². The number of hydrogen-bond donors (Lipinski definition) is 0. The summed E-state index contributed by atoms with van der Waals surface area (Å²) < 4.78 is 33.8. The Labute approximate surface area is 188 Å². The fraction of sp³-hybridized carbons (Fsp3) is 1.00. The monoisotopic (exact) mass is 514 g/mol. The molecule has 0 aromatic rings. The Morgan fingerprint density at radius 3 is 0.655 bits per heavy atom. The van der Waals surface area contributed by atoms with Crippen LogP contribution in [0.1, 0.15) is 27.7 Å². The first-order valence-electron chi connectivity index (χ1n) is 11.3. The second-order valence-corrected chi connectivity index (χ2v) is 35.1. The van der Waals surface area contributed by atoms with E-state index in [1.54, 1.807) is 0 Å². The second-order valence-electron chi connectivity index (χ2n) is 10.7. The van der Waals surface area contributed by atoms with Crippen molar-refractivity contribution in [1.29, 1.82) is 0 Å². The van der Waals surface area contributed by atoms with Crippen LogP contribution in [-0.2, 0) is 20.6 Å². The Bertz CT molecular complexity index is 470. The molecule has 5 nitrogen and oxygen atoms in total. The van der Waals surface area contributed by atoms with E-state index in [1.807, 2.05) is 0 Å². The van der Waals surface area contributed by atoms with Gasteiger partial charge in [-0.2, -0.15) is 0 Å². The molecule has 0 radical (unpaired) electrons. The molecule has 0 aliphatic carbocycles. The number of hydrogen-bond acceptors (Lipinski definition) is 5. The lowest BCUT2D eigenvalue weighted by Gasteiger charge is -2.45. The van der Waals surface area contributed by atoms with Gasteiger partial charge >= 0.3 is 34.2 Å². The molecular weight excluding hydrogens is 465 g/mol. The molecule has 0 heterocycles. The van der Waals surface area contributed by atoms with Crippen LogP contribution in [0.3, 0.4) is 0 Å². The van der Waals surface area contributed by atoms with Crippen molar-refractivity contribution in [3.05, 3.63) is 0 Å². The van der Waals surface area contributed by atoms with Crippen LogP contribution in [0.25, 0.3) is 0 Å². The Morgan fingerprint density at radius 1 is 0.345 bits per heavy atom. The Morgan fingerprint density at radius 2 is 0.517 bits per heavy atom. The van der Waals surface area contributed by atoms with Gasteiger partial charge in [-0.05, 0) is 89.6 Å². The van der Waals surface area contributed by atoms with E-state index in [0.717, 1.165) is 24.2 Å². The van der Waals surface area contributed by atoms with Gasteiger partial charge in [0.15, 0.2) is 16.6 Å². The van der Waals surface area contributed by atoms with Crippen LogP contribution < -0.4 is 0 Å². The molecule has 4 unspecified atom stereocenters. The van der Waals surface area contributed by atoms with E-state index in [0.29, 0.717) is 0 Å². The first-order chi connectivity index (χ1) is 12.8. The molecule has 0 bridgehead atoms. The van der Waals surface area contributed by atoms with Gasteiger partial charge in [-0.15, -0.1) is 0 Å². The molecule has 4 atom stereocenters. The summed E-state index contributed by atoms with van der Waals surface area (Å²) in [6.45, 7) is 31.0. The Kier molecular flexibility index (Phi) is 11.2. The van der Waals surface area contributed by atoms with Crippen molar-refractivity contribution in [2.75, 3.05) is 0 Å². The summed E-state index contributed by atoms with van der Waals surface area (Å²) in [6, 6.07) is 3.68. The minimum absolute atomic E-state index is 0.899. The van der Waals surface area contributed by atoms with Crippen molar-refractivity contribution in [1.82, 2.24) is 0 Å². The predicted molar refractivity (Wildman–Crippen MR) is 141 cm³/mol. The topological polar surface area (TPSA) is 46.2 Å². The molecule has 176 valence electrons. The highest BCUT2D eigenvalue weighted by Crippen LogP contribution is 2.33. The van der Waals surface area contributed by atoms with Crippen LogP contribution in [0.5, 0.6) is 0 Å². The molecular formula is C18H50O5Si6. The average molecular weight is 515 g/mol. The Hall–Kier alpha value is 1.10. The normalized spacial score (nSPS) is 21.7. The van der Waals surface area contributed by atoms with E-state index in [9.17, 15) is 0 Å². The predicted octanol–water partition coefficient (Wildman–Crippen LogP) is 7.11. The van der Waals surface area contributed by atoms with Crippen LogP contribution in [0.4, 0.5) is 0 Å². The van der Waals surface area contributed by atoms with Crippen molar-refractivity contribution < 1.29 is 20.6 Å². The van der Waals surface area contributed by atoms with Crippen molar-refractivity contribution in [3.8, 4) is 0 Å². The van der Waals surface area contributed by atoms with Crippen molar-refractivity contribution in [2.24, 2.45) is 0 Å². The lowest BCUT2D eigenvalue weighted by atomic mass is 11.0. The van der Waals surface area contributed by atoms with E-state index in [2.05, 4.69) is 93.2 Å². The van der Waals surface area contributed by atoms with E-state index in [1.165, 1.54) is 0 Å². The van der Waals surface area contributed by atoms with Gasteiger partial charge in [0, 0.05) is 0 Å². The van der Waals surface area contributed by atoms with Gasteiger partial charge in [-0.25, -0.2) is 0 Å². The van der Waals surface area contributed by atoms with Crippen LogP contribution in [0, 0.1) is 0 Å². The van der Waals surface area contributed by atoms with Crippen molar-refractivity contribution >= 4 is 50.9 Å². The highest BCUT2D eigenvalue weighted by atomic mass is 28.5. The second kappa shape index (κ2) is 10.8. The van der Waals surface area contributed by atoms with Crippen LogP contribution in [-0.4, -0.2) is 50.9 Å².